The largest absolute Gasteiger partial charge is 0.147 e. The summed E-state index contributed by atoms with van der Waals surface area (Å²) in [6, 6.07) is 0. The molecule has 0 heterocycles. The molecule has 2 unspecified atom stereocenters. The van der Waals surface area contributed by atoms with E-state index in [9.17, 15) is 0 Å². The van der Waals surface area contributed by atoms with Gasteiger partial charge in [-0.1, -0.05) is 0 Å². The minimum Gasteiger partial charge on any atom is -0.147 e. The van der Waals surface area contributed by atoms with Crippen molar-refractivity contribution < 1.29 is 16.6 Å². The average Bonchev–Trinajstić information content (AvgIpc) is 2.92. The predicted octanol–water partition coefficient (Wildman–Crippen LogP) is 6.24. The van der Waals surface area contributed by atoms with Gasteiger partial charge >= 0.3 is 124 Å². The molecule has 4 heteroatoms. The van der Waals surface area contributed by atoms with E-state index in [1.54, 1.807) is 0 Å². The zero-order valence-electron chi connectivity index (χ0n) is 14.7. The molecule has 1 aliphatic rings. The maximum Gasteiger partial charge on any atom is -0.147 e. The summed E-state index contributed by atoms with van der Waals surface area (Å²) in [6.07, 6.45) is 11.1. The summed E-state index contributed by atoms with van der Waals surface area (Å²) in [5.41, 5.74) is 0. The molecule has 2 atom stereocenters. The molecule has 1 rings (SSSR count). The fourth-order valence-corrected chi connectivity index (χ4v) is 14.2. The van der Waals surface area contributed by atoms with Crippen LogP contribution in [0.3, 0.4) is 0 Å². The van der Waals surface area contributed by atoms with Crippen LogP contribution < -0.4 is 0 Å². The van der Waals surface area contributed by atoms with Crippen LogP contribution in [0.25, 0.3) is 0 Å². The maximum atomic E-state index is 2.54. The van der Waals surface area contributed by atoms with Crippen molar-refractivity contribution in [1.29, 1.82) is 0 Å². The van der Waals surface area contributed by atoms with E-state index < -0.39 is 16.6 Å². The molecular formula is C17H35Cl2NTi. The van der Waals surface area contributed by atoms with E-state index in [0.29, 0.717) is 0 Å². The van der Waals surface area contributed by atoms with Crippen LogP contribution >= 0.6 is 24.8 Å². The zero-order valence-corrected chi connectivity index (χ0v) is 17.9. The number of rotatable bonds is 8. The average molecular weight is 372 g/mol. The van der Waals surface area contributed by atoms with Gasteiger partial charge in [-0.15, -0.1) is 24.8 Å². The topological polar surface area (TPSA) is 3.24 Å². The molecule has 0 amide bonds. The van der Waals surface area contributed by atoms with E-state index in [0.717, 1.165) is 8.45 Å². The molecule has 0 saturated heterocycles. The molecule has 0 aliphatic heterocycles. The van der Waals surface area contributed by atoms with E-state index in [-0.39, 0.29) is 24.8 Å². The predicted molar refractivity (Wildman–Crippen MR) is 99.1 cm³/mol. The van der Waals surface area contributed by atoms with Crippen molar-refractivity contribution in [3.05, 3.63) is 22.1 Å². The van der Waals surface area contributed by atoms with Crippen molar-refractivity contribution >= 4 is 24.8 Å². The van der Waals surface area contributed by atoms with Gasteiger partial charge in [-0.05, 0) is 0 Å². The molecule has 0 bridgehead atoms. The Bertz CT molecular complexity index is 330. The maximum absolute atomic E-state index is 2.54. The third-order valence-corrected chi connectivity index (χ3v) is 16.2. The van der Waals surface area contributed by atoms with Crippen molar-refractivity contribution in [3.8, 4) is 0 Å². The summed E-state index contributed by atoms with van der Waals surface area (Å²) in [7, 11) is 4.45. The second kappa shape index (κ2) is 11.3. The Morgan fingerprint density at radius 3 is 1.95 bits per heavy atom. The number of hydrogen-bond acceptors (Lipinski definition) is 1. The van der Waals surface area contributed by atoms with Crippen LogP contribution in [0.5, 0.6) is 0 Å². The molecule has 0 aromatic heterocycles. The standard InChI is InChI=1S/C5H5.C4H10N.2C4H9.2ClH.Ti/c1-2-4-5-3-1;1-4-5(2)3;2*1-3-4-2;;;/h1-3H,4H2;1,4H2,2-3H3;2*3H,4H2,1-2H3;2*1H;. The SMILES string of the molecule is CC[CH](C)[Ti]([CH2]CN(C)C)([C]1=CC=CC1)[CH](C)CC.Cl.Cl. The monoisotopic (exact) mass is 371 g/mol. The molecule has 126 valence electrons. The molecule has 0 spiro atoms. The molecular weight excluding hydrogens is 337 g/mol. The second-order valence-corrected chi connectivity index (χ2v) is 14.6. The number of nitrogens with zero attached hydrogens (tertiary/aromatic N) is 1. The summed E-state index contributed by atoms with van der Waals surface area (Å²) in [5.74, 6) is 0. The molecule has 0 aromatic rings. The third-order valence-electron chi connectivity index (χ3n) is 5.33. The number of halogens is 2. The van der Waals surface area contributed by atoms with Gasteiger partial charge in [0.05, 0.1) is 0 Å². The van der Waals surface area contributed by atoms with Crippen LogP contribution in [-0.4, -0.2) is 25.5 Å². The Kier molecular flexibility index (Phi) is 12.9. The number of allylic oxidation sites excluding steroid dienone is 4. The zero-order chi connectivity index (χ0) is 14.5. The van der Waals surface area contributed by atoms with Crippen LogP contribution in [0.4, 0.5) is 0 Å². The first-order chi connectivity index (χ1) is 8.98. The Balaban J connectivity index is 0. The second-order valence-electron chi connectivity index (χ2n) is 6.54. The Hall–Kier alpha value is 0.734. The molecule has 0 aromatic carbocycles. The van der Waals surface area contributed by atoms with Gasteiger partial charge in [0.2, 0.25) is 0 Å². The van der Waals surface area contributed by atoms with Gasteiger partial charge in [-0.2, -0.15) is 0 Å². The summed E-state index contributed by atoms with van der Waals surface area (Å²) >= 11 is -1.99. The minimum atomic E-state index is -1.99. The van der Waals surface area contributed by atoms with Gasteiger partial charge < -0.3 is 0 Å². The quantitative estimate of drug-likeness (QED) is 0.456. The summed E-state index contributed by atoms with van der Waals surface area (Å²) in [6.45, 7) is 11.1. The third kappa shape index (κ3) is 5.70. The molecule has 1 aliphatic carbocycles. The van der Waals surface area contributed by atoms with Gasteiger partial charge in [0.25, 0.3) is 0 Å². The van der Waals surface area contributed by atoms with Crippen LogP contribution in [-0.2, 0) is 16.6 Å². The fraction of sp³-hybridized carbons (Fsp3) is 0.765. The van der Waals surface area contributed by atoms with E-state index >= 15 is 0 Å². The van der Waals surface area contributed by atoms with Crippen molar-refractivity contribution in [2.45, 2.75) is 60.1 Å². The van der Waals surface area contributed by atoms with Gasteiger partial charge in [0, 0.05) is 0 Å². The van der Waals surface area contributed by atoms with Gasteiger partial charge in [0.15, 0.2) is 0 Å². The summed E-state index contributed by atoms with van der Waals surface area (Å²) in [4.78, 5) is 2.38. The molecule has 0 saturated carbocycles. The van der Waals surface area contributed by atoms with Crippen LogP contribution in [0, 0.1) is 0 Å². The Morgan fingerprint density at radius 2 is 1.62 bits per heavy atom. The molecule has 1 nitrogen and oxygen atoms in total. The minimum absolute atomic E-state index is 0. The van der Waals surface area contributed by atoms with E-state index in [4.69, 9.17) is 0 Å². The number of hydrogen-bond donors (Lipinski definition) is 0. The van der Waals surface area contributed by atoms with Crippen molar-refractivity contribution in [3.63, 3.8) is 0 Å². The first-order valence-corrected chi connectivity index (χ1v) is 11.7. The van der Waals surface area contributed by atoms with Gasteiger partial charge in [-0.25, -0.2) is 0 Å². The van der Waals surface area contributed by atoms with Crippen molar-refractivity contribution in [2.24, 2.45) is 0 Å². The van der Waals surface area contributed by atoms with E-state index in [1.165, 1.54) is 30.5 Å². The molecule has 0 radical (unpaired) electrons. The van der Waals surface area contributed by atoms with E-state index in [2.05, 4.69) is 64.9 Å². The van der Waals surface area contributed by atoms with Gasteiger partial charge in [0.1, 0.15) is 0 Å². The smallest absolute Gasteiger partial charge is 0.147 e. The summed E-state index contributed by atoms with van der Waals surface area (Å²) in [5, 5.41) is 0. The summed E-state index contributed by atoms with van der Waals surface area (Å²) < 4.78 is 5.23. The van der Waals surface area contributed by atoms with E-state index in [1.807, 2.05) is 3.88 Å². The fourth-order valence-electron chi connectivity index (χ4n) is 3.70. The van der Waals surface area contributed by atoms with Crippen LogP contribution in [0.2, 0.25) is 13.2 Å². The van der Waals surface area contributed by atoms with Crippen molar-refractivity contribution in [1.82, 2.24) is 4.90 Å². The molecule has 21 heavy (non-hydrogen) atoms. The first-order valence-electron chi connectivity index (χ1n) is 7.99. The van der Waals surface area contributed by atoms with Crippen LogP contribution in [0.1, 0.15) is 47.0 Å². The Labute approximate surface area is 148 Å². The van der Waals surface area contributed by atoms with Gasteiger partial charge in [-0.3, -0.25) is 0 Å². The molecule has 0 N–H and O–H groups in total. The Morgan fingerprint density at radius 1 is 1.10 bits per heavy atom. The van der Waals surface area contributed by atoms with Crippen LogP contribution in [0.15, 0.2) is 22.1 Å². The first kappa shape index (κ1) is 24.0. The van der Waals surface area contributed by atoms with Crippen molar-refractivity contribution in [2.75, 3.05) is 20.6 Å². The molecule has 0 fully saturated rings. The normalized spacial score (nSPS) is 19.3.